The lowest BCUT2D eigenvalue weighted by Gasteiger charge is -2.05. The number of hydrogen-bond donors (Lipinski definition) is 0. The zero-order valence-corrected chi connectivity index (χ0v) is 13.8. The Hall–Kier alpha value is -2.66. The average Bonchev–Trinajstić information content (AvgIpc) is 3.03. The summed E-state index contributed by atoms with van der Waals surface area (Å²) in [6.07, 6.45) is 1.80. The Bertz CT molecular complexity index is 879. The Morgan fingerprint density at radius 2 is 1.78 bits per heavy atom. The third-order valence-corrected chi connectivity index (χ3v) is 4.30. The Kier molecular flexibility index (Phi) is 4.68. The van der Waals surface area contributed by atoms with Crippen LogP contribution in [-0.4, -0.2) is 25.0 Å². The number of para-hydroxylation sites is 1. The van der Waals surface area contributed by atoms with E-state index in [0.29, 0.717) is 0 Å². The highest BCUT2D eigenvalue weighted by molar-refractivity contribution is 7.07. The summed E-state index contributed by atoms with van der Waals surface area (Å²) in [5.41, 5.74) is 3.05. The van der Waals surface area contributed by atoms with Gasteiger partial charge in [-0.15, -0.1) is 11.3 Å². The minimum absolute atomic E-state index is 0.795. The summed E-state index contributed by atoms with van der Waals surface area (Å²) in [4.78, 5) is 5.15. The van der Waals surface area contributed by atoms with Crippen molar-refractivity contribution >= 4 is 17.6 Å². The van der Waals surface area contributed by atoms with Crippen molar-refractivity contribution in [3.8, 4) is 17.0 Å². The topological polar surface area (TPSA) is 38.9 Å². The highest BCUT2D eigenvalue weighted by Gasteiger charge is 2.06. The zero-order chi connectivity index (χ0) is 16.1. The molecule has 0 unspecified atom stereocenters. The van der Waals surface area contributed by atoms with E-state index in [2.05, 4.69) is 27.6 Å². The fourth-order valence-corrected chi connectivity index (χ4v) is 3.07. The molecule has 0 aliphatic carbocycles. The number of thiazole rings is 1. The van der Waals surface area contributed by atoms with Gasteiger partial charge in [0.2, 0.25) is 4.80 Å². The number of methoxy groups -OCH3 is 1. The highest BCUT2D eigenvalue weighted by Crippen LogP contribution is 2.20. The fourth-order valence-electron chi connectivity index (χ4n) is 2.26. The van der Waals surface area contributed by atoms with E-state index in [1.165, 1.54) is 0 Å². The number of hydrogen-bond acceptors (Lipinski definition) is 4. The molecule has 5 heteroatoms. The van der Waals surface area contributed by atoms with E-state index < -0.39 is 0 Å². The number of ether oxygens (including phenoxy) is 1. The van der Waals surface area contributed by atoms with Crippen molar-refractivity contribution in [3.05, 3.63) is 70.3 Å². The van der Waals surface area contributed by atoms with Crippen LogP contribution in [0.1, 0.15) is 5.56 Å². The van der Waals surface area contributed by atoms with Gasteiger partial charge in [-0.3, -0.25) is 4.99 Å². The van der Waals surface area contributed by atoms with Crippen molar-refractivity contribution < 1.29 is 4.74 Å². The van der Waals surface area contributed by atoms with Crippen LogP contribution in [0.3, 0.4) is 0 Å². The van der Waals surface area contributed by atoms with E-state index in [9.17, 15) is 0 Å². The minimum Gasteiger partial charge on any atom is -0.496 e. The van der Waals surface area contributed by atoms with Crippen LogP contribution in [0.25, 0.3) is 11.3 Å². The second-order valence-electron chi connectivity index (χ2n) is 4.79. The number of aromatic nitrogens is 1. The molecule has 0 atom stereocenters. The van der Waals surface area contributed by atoms with Crippen LogP contribution in [0, 0.1) is 0 Å². The normalized spacial score (nSPS) is 12.0. The Labute approximate surface area is 139 Å². The first kappa shape index (κ1) is 15.2. The van der Waals surface area contributed by atoms with Crippen molar-refractivity contribution in [2.75, 3.05) is 14.2 Å². The molecule has 1 heterocycles. The molecule has 0 saturated carbocycles. The summed E-state index contributed by atoms with van der Waals surface area (Å²) in [5, 5.41) is 6.69. The summed E-state index contributed by atoms with van der Waals surface area (Å²) in [5.74, 6) is 0.795. The average molecular weight is 323 g/mol. The summed E-state index contributed by atoms with van der Waals surface area (Å²) in [6, 6.07) is 18.0. The number of nitrogens with zero attached hydrogens (tertiary/aromatic N) is 3. The highest BCUT2D eigenvalue weighted by atomic mass is 32.1. The number of benzene rings is 2. The molecule has 0 N–H and O–H groups in total. The molecular formula is C18H17N3OS. The molecule has 3 aromatic rings. The molecule has 1 aromatic heterocycles. The zero-order valence-electron chi connectivity index (χ0n) is 13.0. The quantitative estimate of drug-likeness (QED) is 0.676. The monoisotopic (exact) mass is 323 g/mol. The van der Waals surface area contributed by atoms with Crippen molar-refractivity contribution in [2.24, 2.45) is 10.1 Å². The van der Waals surface area contributed by atoms with Gasteiger partial charge in [-0.25, -0.2) is 4.68 Å². The van der Waals surface area contributed by atoms with Crippen LogP contribution in [0.2, 0.25) is 0 Å². The molecule has 2 aromatic carbocycles. The maximum atomic E-state index is 5.37. The van der Waals surface area contributed by atoms with Crippen LogP contribution in [0.15, 0.2) is 70.1 Å². The van der Waals surface area contributed by atoms with Gasteiger partial charge >= 0.3 is 0 Å². The molecule has 0 bridgehead atoms. The van der Waals surface area contributed by atoms with Crippen LogP contribution < -0.4 is 9.54 Å². The van der Waals surface area contributed by atoms with Gasteiger partial charge in [0.1, 0.15) is 5.75 Å². The van der Waals surface area contributed by atoms with E-state index in [1.807, 2.05) is 47.1 Å². The lowest BCUT2D eigenvalue weighted by atomic mass is 10.2. The van der Waals surface area contributed by atoms with Gasteiger partial charge in [0.05, 0.1) is 19.0 Å². The summed E-state index contributed by atoms with van der Waals surface area (Å²) in [7, 11) is 3.43. The van der Waals surface area contributed by atoms with E-state index in [4.69, 9.17) is 4.74 Å². The molecule has 0 radical (unpaired) electrons. The second kappa shape index (κ2) is 7.07. The van der Waals surface area contributed by atoms with Crippen molar-refractivity contribution in [1.29, 1.82) is 0 Å². The lowest BCUT2D eigenvalue weighted by Crippen LogP contribution is -2.11. The largest absolute Gasteiger partial charge is 0.496 e. The standard InChI is InChI=1S/C18H17N3OS/c1-19-18-21(16(13-23-18)14-8-4-3-5-9-14)20-12-15-10-6-7-11-17(15)22-2/h3-13H,1-2H3/b19-18?,20-12+. The van der Waals surface area contributed by atoms with Gasteiger partial charge < -0.3 is 4.74 Å². The van der Waals surface area contributed by atoms with Gasteiger partial charge in [-0.1, -0.05) is 42.5 Å². The van der Waals surface area contributed by atoms with E-state index in [1.54, 1.807) is 31.7 Å². The molecule has 0 saturated heterocycles. The van der Waals surface area contributed by atoms with E-state index in [-0.39, 0.29) is 0 Å². The molecule has 0 aliphatic heterocycles. The van der Waals surface area contributed by atoms with Crippen molar-refractivity contribution in [3.63, 3.8) is 0 Å². The SMILES string of the molecule is CN=c1scc(-c2ccccc2)n1/N=C/c1ccccc1OC. The molecule has 0 fully saturated rings. The van der Waals surface area contributed by atoms with Crippen LogP contribution >= 0.6 is 11.3 Å². The second-order valence-corrected chi connectivity index (χ2v) is 5.63. The number of rotatable bonds is 4. The molecule has 4 nitrogen and oxygen atoms in total. The van der Waals surface area contributed by atoms with Crippen LogP contribution in [-0.2, 0) is 0 Å². The molecule has 0 aliphatic rings. The Morgan fingerprint density at radius 3 is 2.52 bits per heavy atom. The van der Waals surface area contributed by atoms with Crippen LogP contribution in [0.4, 0.5) is 0 Å². The van der Waals surface area contributed by atoms with Gasteiger partial charge in [0.15, 0.2) is 0 Å². The summed E-state index contributed by atoms with van der Waals surface area (Å²) >= 11 is 1.57. The Morgan fingerprint density at radius 1 is 1.04 bits per heavy atom. The molecular weight excluding hydrogens is 306 g/mol. The predicted molar refractivity (Wildman–Crippen MR) is 95.2 cm³/mol. The van der Waals surface area contributed by atoms with Gasteiger partial charge in [-0.05, 0) is 12.1 Å². The van der Waals surface area contributed by atoms with Crippen molar-refractivity contribution in [1.82, 2.24) is 4.68 Å². The maximum Gasteiger partial charge on any atom is 0.205 e. The smallest absolute Gasteiger partial charge is 0.205 e. The van der Waals surface area contributed by atoms with E-state index in [0.717, 1.165) is 27.4 Å². The van der Waals surface area contributed by atoms with Crippen molar-refractivity contribution in [2.45, 2.75) is 0 Å². The minimum atomic E-state index is 0.795. The van der Waals surface area contributed by atoms with Crippen LogP contribution in [0.5, 0.6) is 5.75 Å². The molecule has 0 spiro atoms. The maximum absolute atomic E-state index is 5.37. The van der Waals surface area contributed by atoms with E-state index >= 15 is 0 Å². The first-order chi connectivity index (χ1) is 11.3. The molecule has 0 amide bonds. The third kappa shape index (κ3) is 3.24. The first-order valence-electron chi connectivity index (χ1n) is 7.19. The molecule has 3 rings (SSSR count). The molecule has 23 heavy (non-hydrogen) atoms. The molecule has 116 valence electrons. The summed E-state index contributed by atoms with van der Waals surface area (Å²) in [6.45, 7) is 0. The first-order valence-corrected chi connectivity index (χ1v) is 8.07. The third-order valence-electron chi connectivity index (χ3n) is 3.40. The van der Waals surface area contributed by atoms with Gasteiger partial charge in [-0.2, -0.15) is 5.10 Å². The van der Waals surface area contributed by atoms with Gasteiger partial charge in [0.25, 0.3) is 0 Å². The van der Waals surface area contributed by atoms with Gasteiger partial charge in [0, 0.05) is 23.6 Å². The summed E-state index contributed by atoms with van der Waals surface area (Å²) < 4.78 is 7.22. The predicted octanol–water partition coefficient (Wildman–Crippen LogP) is 3.64. The lowest BCUT2D eigenvalue weighted by molar-refractivity contribution is 0.414. The fraction of sp³-hybridized carbons (Fsp3) is 0.111. The Balaban J connectivity index is 2.06.